The SMILES string of the molecule is O=C(Nc1ccc(F)c(-c2cn3cc(-c4ccccc4)cnc3n2)c1)N1CC[C@@H](F)C1. The highest BCUT2D eigenvalue weighted by Gasteiger charge is 2.26. The van der Waals surface area contributed by atoms with Crippen LogP contribution in [0.5, 0.6) is 0 Å². The topological polar surface area (TPSA) is 62.5 Å². The maximum atomic E-state index is 14.6. The van der Waals surface area contributed by atoms with Crippen molar-refractivity contribution in [1.82, 2.24) is 19.3 Å². The number of alkyl halides is 1. The molecule has 0 unspecified atom stereocenters. The zero-order valence-corrected chi connectivity index (χ0v) is 16.5. The minimum atomic E-state index is -0.999. The van der Waals surface area contributed by atoms with Crippen molar-refractivity contribution in [3.05, 3.63) is 72.9 Å². The second kappa shape index (κ2) is 7.79. The molecule has 156 valence electrons. The van der Waals surface area contributed by atoms with Gasteiger partial charge < -0.3 is 10.2 Å². The summed E-state index contributed by atoms with van der Waals surface area (Å²) in [5, 5.41) is 2.71. The molecule has 1 fully saturated rings. The van der Waals surface area contributed by atoms with Gasteiger partial charge in [0, 0.05) is 41.9 Å². The van der Waals surface area contributed by atoms with Crippen molar-refractivity contribution in [3.8, 4) is 22.4 Å². The van der Waals surface area contributed by atoms with Gasteiger partial charge in [-0.05, 0) is 30.2 Å². The standard InChI is InChI=1S/C23H19F2N5O/c24-17-8-9-29(13-17)23(31)27-18-6-7-20(25)19(10-18)21-14-30-12-16(11-26-22(30)28-21)15-4-2-1-3-5-15/h1-7,10-12,14,17H,8-9,13H2,(H,27,31)/t17-/m1/s1. The van der Waals surface area contributed by atoms with Gasteiger partial charge in [0.25, 0.3) is 0 Å². The van der Waals surface area contributed by atoms with Crippen LogP contribution in [0.4, 0.5) is 19.3 Å². The molecule has 1 saturated heterocycles. The van der Waals surface area contributed by atoms with Crippen LogP contribution in [-0.4, -0.2) is 44.6 Å². The van der Waals surface area contributed by atoms with Crippen molar-refractivity contribution in [2.45, 2.75) is 12.6 Å². The predicted octanol–water partition coefficient (Wildman–Crippen LogP) is 4.78. The lowest BCUT2D eigenvalue weighted by atomic mass is 10.1. The smallest absolute Gasteiger partial charge is 0.321 e. The molecule has 0 bridgehead atoms. The number of fused-ring (bicyclic) bond motifs is 1. The molecule has 0 aliphatic carbocycles. The molecule has 3 heterocycles. The van der Waals surface area contributed by atoms with Crippen LogP contribution in [0.2, 0.25) is 0 Å². The van der Waals surface area contributed by atoms with Gasteiger partial charge in [-0.15, -0.1) is 0 Å². The summed E-state index contributed by atoms with van der Waals surface area (Å²) < 4.78 is 29.7. The zero-order chi connectivity index (χ0) is 21.4. The lowest BCUT2D eigenvalue weighted by molar-refractivity contribution is 0.218. The van der Waals surface area contributed by atoms with Gasteiger partial charge in [-0.2, -0.15) is 0 Å². The van der Waals surface area contributed by atoms with Crippen LogP contribution in [0.25, 0.3) is 28.2 Å². The first-order chi connectivity index (χ1) is 15.1. The van der Waals surface area contributed by atoms with Crippen molar-refractivity contribution in [2.24, 2.45) is 0 Å². The summed E-state index contributed by atoms with van der Waals surface area (Å²) in [4.78, 5) is 22.5. The first kappa shape index (κ1) is 19.2. The molecule has 1 N–H and O–H groups in total. The number of imidazole rings is 1. The minimum absolute atomic E-state index is 0.0712. The summed E-state index contributed by atoms with van der Waals surface area (Å²) in [7, 11) is 0. The summed E-state index contributed by atoms with van der Waals surface area (Å²) in [6.45, 7) is 0.435. The Kier molecular flexibility index (Phi) is 4.82. The Balaban J connectivity index is 1.44. The maximum absolute atomic E-state index is 14.6. The Morgan fingerprint density at radius 1 is 1.10 bits per heavy atom. The van der Waals surface area contributed by atoms with Crippen molar-refractivity contribution in [3.63, 3.8) is 0 Å². The number of carbonyl (C=O) groups is 1. The third kappa shape index (κ3) is 3.84. The lowest BCUT2D eigenvalue weighted by Gasteiger charge is -2.16. The predicted molar refractivity (Wildman–Crippen MR) is 114 cm³/mol. The number of nitrogens with one attached hydrogen (secondary N) is 1. The average molecular weight is 419 g/mol. The van der Waals surface area contributed by atoms with Gasteiger partial charge in [0.15, 0.2) is 0 Å². The van der Waals surface area contributed by atoms with Gasteiger partial charge in [0.05, 0.1) is 12.2 Å². The summed E-state index contributed by atoms with van der Waals surface area (Å²) in [5.41, 5.74) is 2.99. The number of halogens is 2. The monoisotopic (exact) mass is 419 g/mol. The fourth-order valence-corrected chi connectivity index (χ4v) is 3.70. The van der Waals surface area contributed by atoms with Gasteiger partial charge in [-0.1, -0.05) is 30.3 Å². The lowest BCUT2D eigenvalue weighted by Crippen LogP contribution is -2.33. The molecule has 1 aliphatic heterocycles. The molecule has 0 spiro atoms. The Hall–Kier alpha value is -3.81. The molecule has 2 aromatic heterocycles. The van der Waals surface area contributed by atoms with E-state index in [1.54, 1.807) is 16.8 Å². The summed E-state index contributed by atoms with van der Waals surface area (Å²) >= 11 is 0. The molecule has 0 saturated carbocycles. The third-order valence-corrected chi connectivity index (χ3v) is 5.33. The highest BCUT2D eigenvalue weighted by Crippen LogP contribution is 2.27. The van der Waals surface area contributed by atoms with Crippen molar-refractivity contribution >= 4 is 17.5 Å². The second-order valence-corrected chi connectivity index (χ2v) is 7.50. The van der Waals surface area contributed by atoms with E-state index in [0.29, 0.717) is 30.1 Å². The van der Waals surface area contributed by atoms with E-state index in [2.05, 4.69) is 15.3 Å². The quantitative estimate of drug-likeness (QED) is 0.520. The third-order valence-electron chi connectivity index (χ3n) is 5.33. The average Bonchev–Trinajstić information content (AvgIpc) is 3.41. The van der Waals surface area contributed by atoms with Gasteiger partial charge in [-0.25, -0.2) is 23.5 Å². The van der Waals surface area contributed by atoms with Gasteiger partial charge in [0.2, 0.25) is 5.78 Å². The molecule has 31 heavy (non-hydrogen) atoms. The van der Waals surface area contributed by atoms with E-state index < -0.39 is 18.0 Å². The van der Waals surface area contributed by atoms with Crippen LogP contribution < -0.4 is 5.32 Å². The number of nitrogens with zero attached hydrogens (tertiary/aromatic N) is 4. The Labute approximate surface area is 177 Å². The largest absolute Gasteiger partial charge is 0.322 e. The number of urea groups is 1. The molecule has 8 heteroatoms. The summed E-state index contributed by atoms with van der Waals surface area (Å²) in [5.74, 6) is -0.0238. The van der Waals surface area contributed by atoms with Crippen molar-refractivity contribution in [2.75, 3.05) is 18.4 Å². The van der Waals surface area contributed by atoms with Crippen molar-refractivity contribution < 1.29 is 13.6 Å². The highest BCUT2D eigenvalue weighted by molar-refractivity contribution is 5.90. The number of carbonyl (C=O) groups excluding carboxylic acids is 1. The maximum Gasteiger partial charge on any atom is 0.321 e. The fraction of sp³-hybridized carbons (Fsp3) is 0.174. The molecule has 1 aliphatic rings. The van der Waals surface area contributed by atoms with E-state index in [-0.39, 0.29) is 12.1 Å². The minimum Gasteiger partial charge on any atom is -0.322 e. The Bertz CT molecular complexity index is 1260. The number of hydrogen-bond acceptors (Lipinski definition) is 3. The van der Waals surface area contributed by atoms with Crippen LogP contribution in [0.15, 0.2) is 67.1 Å². The number of hydrogen-bond donors (Lipinski definition) is 1. The van der Waals surface area contributed by atoms with E-state index in [9.17, 15) is 13.6 Å². The molecule has 2 aromatic carbocycles. The molecule has 6 nitrogen and oxygen atoms in total. The van der Waals surface area contributed by atoms with Gasteiger partial charge >= 0.3 is 6.03 Å². The van der Waals surface area contributed by atoms with Crippen LogP contribution in [-0.2, 0) is 0 Å². The molecule has 5 rings (SSSR count). The van der Waals surface area contributed by atoms with Gasteiger partial charge in [-0.3, -0.25) is 4.40 Å². The second-order valence-electron chi connectivity index (χ2n) is 7.50. The van der Waals surface area contributed by atoms with E-state index in [1.165, 1.54) is 23.1 Å². The molecule has 0 radical (unpaired) electrons. The number of anilines is 1. The Morgan fingerprint density at radius 2 is 1.94 bits per heavy atom. The first-order valence-corrected chi connectivity index (χ1v) is 9.97. The van der Waals surface area contributed by atoms with E-state index in [0.717, 1.165) is 11.1 Å². The van der Waals surface area contributed by atoms with E-state index in [4.69, 9.17) is 0 Å². The summed E-state index contributed by atoms with van der Waals surface area (Å²) in [6.07, 6.45) is 4.65. The molecule has 4 aromatic rings. The number of amides is 2. The molecule has 1 atom stereocenters. The number of likely N-dealkylation sites (tertiary alicyclic amines) is 1. The molecule has 2 amide bonds. The van der Waals surface area contributed by atoms with Gasteiger partial charge in [0.1, 0.15) is 12.0 Å². The Morgan fingerprint density at radius 3 is 2.71 bits per heavy atom. The zero-order valence-electron chi connectivity index (χ0n) is 16.5. The van der Waals surface area contributed by atoms with E-state index >= 15 is 0 Å². The summed E-state index contributed by atoms with van der Waals surface area (Å²) in [6, 6.07) is 13.7. The van der Waals surface area contributed by atoms with E-state index in [1.807, 2.05) is 36.5 Å². The number of benzene rings is 2. The first-order valence-electron chi connectivity index (χ1n) is 9.97. The normalized spacial score (nSPS) is 16.1. The van der Waals surface area contributed by atoms with Crippen LogP contribution in [0, 0.1) is 5.82 Å². The highest BCUT2D eigenvalue weighted by atomic mass is 19.1. The number of rotatable bonds is 3. The van der Waals surface area contributed by atoms with Crippen LogP contribution >= 0.6 is 0 Å². The van der Waals surface area contributed by atoms with Crippen LogP contribution in [0.3, 0.4) is 0 Å². The number of aromatic nitrogens is 3. The molecular formula is C23H19F2N5O. The van der Waals surface area contributed by atoms with Crippen LogP contribution in [0.1, 0.15) is 6.42 Å². The fourth-order valence-electron chi connectivity index (χ4n) is 3.70. The molecular weight excluding hydrogens is 400 g/mol. The van der Waals surface area contributed by atoms with Crippen molar-refractivity contribution in [1.29, 1.82) is 0 Å².